The van der Waals surface area contributed by atoms with Crippen LogP contribution in [0.5, 0.6) is 0 Å². The van der Waals surface area contributed by atoms with Crippen LogP contribution in [0.25, 0.3) is 0 Å². The second-order valence-corrected chi connectivity index (χ2v) is 2.41. The molecule has 1 amide bonds. The van der Waals surface area contributed by atoms with Gasteiger partial charge in [-0.1, -0.05) is 6.08 Å². The lowest BCUT2D eigenvalue weighted by Gasteiger charge is -2.36. The van der Waals surface area contributed by atoms with Crippen LogP contribution in [-0.4, -0.2) is 35.4 Å². The number of nitrogens with one attached hydrogen (secondary N) is 1. The highest BCUT2D eigenvalue weighted by Gasteiger charge is 2.37. The molecule has 0 radical (unpaired) electrons. The third kappa shape index (κ3) is 1.20. The van der Waals surface area contributed by atoms with Gasteiger partial charge in [0.2, 0.25) is 0 Å². The molecule has 1 aliphatic heterocycles. The number of hydrogen-bond donors (Lipinski definition) is 3. The van der Waals surface area contributed by atoms with Gasteiger partial charge in [-0.2, -0.15) is 0 Å². The summed E-state index contributed by atoms with van der Waals surface area (Å²) in [4.78, 5) is 12.0. The van der Waals surface area contributed by atoms with E-state index in [0.717, 1.165) is 0 Å². The Hall–Kier alpha value is -1.07. The summed E-state index contributed by atoms with van der Waals surface area (Å²) in [7, 11) is 1.56. The van der Waals surface area contributed by atoms with E-state index in [9.17, 15) is 9.90 Å². The molecule has 1 unspecified atom stereocenters. The smallest absolute Gasteiger partial charge is 0.287 e. The number of rotatable bonds is 1. The van der Waals surface area contributed by atoms with Crippen molar-refractivity contribution in [3.05, 3.63) is 12.3 Å². The predicted octanol–water partition coefficient (Wildman–Crippen LogP) is -1.83. The van der Waals surface area contributed by atoms with Crippen molar-refractivity contribution in [2.45, 2.75) is 5.85 Å². The Morgan fingerprint density at radius 2 is 2.55 bits per heavy atom. The van der Waals surface area contributed by atoms with Crippen molar-refractivity contribution in [1.82, 2.24) is 10.2 Å². The summed E-state index contributed by atoms with van der Waals surface area (Å²) in [5.74, 6) is -2.53. The molecule has 0 bridgehead atoms. The minimum atomic E-state index is -1.73. The molecule has 0 aromatic rings. The Morgan fingerprint density at radius 1 is 1.91 bits per heavy atom. The van der Waals surface area contributed by atoms with E-state index in [1.54, 1.807) is 19.3 Å². The summed E-state index contributed by atoms with van der Waals surface area (Å²) in [5, 5.41) is 12.1. The highest BCUT2D eigenvalue weighted by Crippen LogP contribution is 2.08. The molecular weight excluding hydrogens is 146 g/mol. The van der Waals surface area contributed by atoms with Crippen LogP contribution in [0.4, 0.5) is 0 Å². The molecule has 0 spiro atoms. The molecule has 5 heteroatoms. The van der Waals surface area contributed by atoms with E-state index in [1.165, 1.54) is 4.90 Å². The Labute approximate surface area is 64.5 Å². The lowest BCUT2D eigenvalue weighted by molar-refractivity contribution is -0.159. The number of nitrogens with zero attached hydrogens (tertiary/aromatic N) is 1. The molecule has 62 valence electrons. The Kier molecular flexibility index (Phi) is 1.84. The van der Waals surface area contributed by atoms with E-state index < -0.39 is 11.8 Å². The first kappa shape index (κ1) is 8.03. The van der Waals surface area contributed by atoms with E-state index >= 15 is 0 Å². The first-order valence-corrected chi connectivity index (χ1v) is 3.24. The number of aliphatic hydroxyl groups is 1. The molecule has 0 aromatic heterocycles. The molecule has 1 heterocycles. The number of carbonyl (C=O) groups excluding carboxylic acids is 1. The summed E-state index contributed by atoms with van der Waals surface area (Å²) in [6.45, 7) is 0.434. The largest absolute Gasteiger partial charge is 0.364 e. The van der Waals surface area contributed by atoms with Gasteiger partial charge in [-0.3, -0.25) is 10.1 Å². The van der Waals surface area contributed by atoms with Gasteiger partial charge in [0.05, 0.1) is 0 Å². The van der Waals surface area contributed by atoms with Crippen LogP contribution in [0, 0.1) is 0 Å². The zero-order valence-electron chi connectivity index (χ0n) is 6.24. The lowest BCUT2D eigenvalue weighted by atomic mass is 10.3. The van der Waals surface area contributed by atoms with Gasteiger partial charge in [-0.05, 0) is 0 Å². The van der Waals surface area contributed by atoms with Gasteiger partial charge in [0, 0.05) is 19.8 Å². The molecule has 0 saturated carbocycles. The van der Waals surface area contributed by atoms with Crippen LogP contribution in [0.15, 0.2) is 12.3 Å². The van der Waals surface area contributed by atoms with E-state index in [-0.39, 0.29) is 0 Å². The van der Waals surface area contributed by atoms with Gasteiger partial charge in [0.1, 0.15) is 0 Å². The zero-order valence-corrected chi connectivity index (χ0v) is 6.24. The molecule has 4 N–H and O–H groups in total. The standard InChI is InChI=1S/C6H11N3O2/c1-9-4-2-3-8-6(9,11)5(7)10/h2,4,8,11H,3H2,1H3,(H2,7,10). The molecule has 0 aliphatic carbocycles. The molecule has 5 nitrogen and oxygen atoms in total. The first-order valence-electron chi connectivity index (χ1n) is 3.24. The number of amides is 1. The molecule has 0 aromatic carbocycles. The fourth-order valence-electron chi connectivity index (χ4n) is 0.906. The van der Waals surface area contributed by atoms with Crippen molar-refractivity contribution in [2.75, 3.05) is 13.6 Å². The number of hydrogen-bond acceptors (Lipinski definition) is 4. The number of carbonyl (C=O) groups is 1. The highest BCUT2D eigenvalue weighted by atomic mass is 16.3. The summed E-state index contributed by atoms with van der Waals surface area (Å²) in [6, 6.07) is 0. The van der Waals surface area contributed by atoms with E-state index in [1.807, 2.05) is 0 Å². The molecule has 1 rings (SSSR count). The van der Waals surface area contributed by atoms with E-state index in [2.05, 4.69) is 5.32 Å². The maximum Gasteiger partial charge on any atom is 0.287 e. The normalized spacial score (nSPS) is 30.5. The number of likely N-dealkylation sites (N-methyl/N-ethyl adjacent to an activating group) is 1. The number of nitrogens with two attached hydrogens (primary N) is 1. The van der Waals surface area contributed by atoms with Crippen molar-refractivity contribution < 1.29 is 9.90 Å². The lowest BCUT2D eigenvalue weighted by Crippen LogP contribution is -2.65. The summed E-state index contributed by atoms with van der Waals surface area (Å²) in [5.41, 5.74) is 4.96. The minimum absolute atomic E-state index is 0.434. The second kappa shape index (κ2) is 2.52. The SMILES string of the molecule is CN1C=CCNC1(O)C(N)=O. The van der Waals surface area contributed by atoms with E-state index in [4.69, 9.17) is 5.73 Å². The molecule has 1 atom stereocenters. The van der Waals surface area contributed by atoms with Crippen molar-refractivity contribution in [2.24, 2.45) is 5.73 Å². The van der Waals surface area contributed by atoms with Crippen LogP contribution in [0.1, 0.15) is 0 Å². The Balaban J connectivity index is 2.85. The average Bonchev–Trinajstić information content (AvgIpc) is 1.95. The van der Waals surface area contributed by atoms with Crippen LogP contribution < -0.4 is 11.1 Å². The van der Waals surface area contributed by atoms with Crippen molar-refractivity contribution in [3.63, 3.8) is 0 Å². The topological polar surface area (TPSA) is 78.6 Å². The van der Waals surface area contributed by atoms with Gasteiger partial charge in [0.15, 0.2) is 0 Å². The third-order valence-corrected chi connectivity index (χ3v) is 1.65. The zero-order chi connectivity index (χ0) is 8.48. The number of primary amides is 1. The monoisotopic (exact) mass is 157 g/mol. The molecule has 11 heavy (non-hydrogen) atoms. The van der Waals surface area contributed by atoms with Crippen molar-refractivity contribution in [3.8, 4) is 0 Å². The van der Waals surface area contributed by atoms with Gasteiger partial charge in [-0.15, -0.1) is 0 Å². The van der Waals surface area contributed by atoms with Crippen LogP contribution in [0.3, 0.4) is 0 Å². The van der Waals surface area contributed by atoms with Crippen LogP contribution >= 0.6 is 0 Å². The summed E-state index contributed by atoms with van der Waals surface area (Å²) >= 11 is 0. The van der Waals surface area contributed by atoms with E-state index in [0.29, 0.717) is 6.54 Å². The molecule has 0 saturated heterocycles. The van der Waals surface area contributed by atoms with Gasteiger partial charge >= 0.3 is 0 Å². The third-order valence-electron chi connectivity index (χ3n) is 1.65. The fraction of sp³-hybridized carbons (Fsp3) is 0.500. The van der Waals surface area contributed by atoms with Crippen LogP contribution in [-0.2, 0) is 4.79 Å². The van der Waals surface area contributed by atoms with Crippen molar-refractivity contribution in [1.29, 1.82) is 0 Å². The van der Waals surface area contributed by atoms with Crippen molar-refractivity contribution >= 4 is 5.91 Å². The quantitative estimate of drug-likeness (QED) is 0.418. The maximum atomic E-state index is 10.7. The molecule has 1 aliphatic rings. The highest BCUT2D eigenvalue weighted by molar-refractivity contribution is 5.82. The molecular formula is C6H11N3O2. The van der Waals surface area contributed by atoms with Crippen LogP contribution in [0.2, 0.25) is 0 Å². The van der Waals surface area contributed by atoms with Gasteiger partial charge in [-0.25, -0.2) is 0 Å². The maximum absolute atomic E-state index is 10.7. The first-order chi connectivity index (χ1) is 5.07. The van der Waals surface area contributed by atoms with Gasteiger partial charge < -0.3 is 15.7 Å². The fourth-order valence-corrected chi connectivity index (χ4v) is 0.906. The summed E-state index contributed by atoms with van der Waals surface area (Å²) < 4.78 is 0. The second-order valence-electron chi connectivity index (χ2n) is 2.41. The van der Waals surface area contributed by atoms with Gasteiger partial charge in [0.25, 0.3) is 11.8 Å². The molecule has 0 fully saturated rings. The predicted molar refractivity (Wildman–Crippen MR) is 39.0 cm³/mol. The Bertz CT molecular complexity index is 204. The summed E-state index contributed by atoms with van der Waals surface area (Å²) in [6.07, 6.45) is 3.37. The Morgan fingerprint density at radius 3 is 2.91 bits per heavy atom. The average molecular weight is 157 g/mol. The minimum Gasteiger partial charge on any atom is -0.364 e.